The SMILES string of the molecule is Cc1cc(N=Nc2ccc(C=O)cc2)c2c(C)ccc(C(C)C)cc1-2. The lowest BCUT2D eigenvalue weighted by molar-refractivity contribution is 0.112. The van der Waals surface area contributed by atoms with Crippen LogP contribution in [0.15, 0.2) is 58.8 Å². The second kappa shape index (κ2) is 6.98. The average molecular weight is 330 g/mol. The molecule has 0 saturated heterocycles. The van der Waals surface area contributed by atoms with E-state index < -0.39 is 0 Å². The van der Waals surface area contributed by atoms with Crippen LogP contribution in [0.25, 0.3) is 11.1 Å². The number of aldehydes is 1. The minimum Gasteiger partial charge on any atom is -0.298 e. The van der Waals surface area contributed by atoms with Crippen LogP contribution in [0.2, 0.25) is 0 Å². The van der Waals surface area contributed by atoms with Crippen LogP contribution in [0.4, 0.5) is 11.4 Å². The Bertz CT molecular complexity index is 908. The molecule has 0 aliphatic heterocycles. The first-order valence-electron chi connectivity index (χ1n) is 8.50. The third kappa shape index (κ3) is 3.50. The van der Waals surface area contributed by atoms with E-state index in [1.807, 2.05) is 0 Å². The maximum absolute atomic E-state index is 10.7. The van der Waals surface area contributed by atoms with Gasteiger partial charge in [0.15, 0.2) is 0 Å². The summed E-state index contributed by atoms with van der Waals surface area (Å²) in [4.78, 5) is 10.7. The molecule has 0 fully saturated rings. The molecule has 0 N–H and O–H groups in total. The fourth-order valence-corrected chi connectivity index (χ4v) is 2.98. The number of benzene rings is 1. The Morgan fingerprint density at radius 1 is 0.880 bits per heavy atom. The van der Waals surface area contributed by atoms with E-state index in [0.29, 0.717) is 11.5 Å². The zero-order valence-electron chi connectivity index (χ0n) is 15.1. The fraction of sp³-hybridized carbons (Fsp3) is 0.227. The molecule has 1 aromatic carbocycles. The Hall–Kier alpha value is -2.81. The van der Waals surface area contributed by atoms with E-state index in [1.165, 1.54) is 22.3 Å². The highest BCUT2D eigenvalue weighted by Gasteiger charge is 2.16. The van der Waals surface area contributed by atoms with Crippen molar-refractivity contribution in [3.8, 4) is 11.1 Å². The third-order valence-corrected chi connectivity index (χ3v) is 4.50. The number of fused-ring (bicyclic) bond motifs is 1. The molecule has 3 nitrogen and oxygen atoms in total. The summed E-state index contributed by atoms with van der Waals surface area (Å²) in [7, 11) is 0. The zero-order chi connectivity index (χ0) is 18.0. The Kier molecular flexibility index (Phi) is 4.75. The van der Waals surface area contributed by atoms with Crippen molar-refractivity contribution in [2.75, 3.05) is 0 Å². The van der Waals surface area contributed by atoms with Gasteiger partial charge in [-0.15, -0.1) is 5.11 Å². The number of aryl methyl sites for hydroxylation is 2. The molecule has 0 atom stereocenters. The molecular formula is C22H22N2O. The topological polar surface area (TPSA) is 41.8 Å². The van der Waals surface area contributed by atoms with Crippen molar-refractivity contribution in [3.05, 3.63) is 70.8 Å². The zero-order valence-corrected chi connectivity index (χ0v) is 15.1. The van der Waals surface area contributed by atoms with Crippen LogP contribution >= 0.6 is 0 Å². The van der Waals surface area contributed by atoms with Crippen LogP contribution in [0.3, 0.4) is 0 Å². The van der Waals surface area contributed by atoms with Crippen molar-refractivity contribution in [3.63, 3.8) is 0 Å². The molecule has 0 bridgehead atoms. The van der Waals surface area contributed by atoms with Gasteiger partial charge in [-0.05, 0) is 72.4 Å². The first-order chi connectivity index (χ1) is 12.0. The summed E-state index contributed by atoms with van der Waals surface area (Å²) in [6.45, 7) is 8.64. The molecule has 126 valence electrons. The summed E-state index contributed by atoms with van der Waals surface area (Å²) in [5, 5.41) is 8.82. The van der Waals surface area contributed by atoms with Gasteiger partial charge in [0.05, 0.1) is 11.4 Å². The molecule has 0 radical (unpaired) electrons. The molecule has 0 heterocycles. The Morgan fingerprint density at radius 3 is 2.24 bits per heavy atom. The van der Waals surface area contributed by atoms with E-state index in [2.05, 4.69) is 62.2 Å². The molecule has 3 rings (SSSR count). The van der Waals surface area contributed by atoms with Gasteiger partial charge in [0.25, 0.3) is 0 Å². The molecule has 2 aliphatic rings. The largest absolute Gasteiger partial charge is 0.298 e. The summed E-state index contributed by atoms with van der Waals surface area (Å²) in [5.41, 5.74) is 8.36. The van der Waals surface area contributed by atoms with Gasteiger partial charge in [0.2, 0.25) is 0 Å². The summed E-state index contributed by atoms with van der Waals surface area (Å²) in [6, 6.07) is 15.8. The Morgan fingerprint density at radius 2 is 1.60 bits per heavy atom. The van der Waals surface area contributed by atoms with Gasteiger partial charge in [-0.3, -0.25) is 4.79 Å². The molecule has 25 heavy (non-hydrogen) atoms. The van der Waals surface area contributed by atoms with Gasteiger partial charge in [-0.1, -0.05) is 32.0 Å². The maximum atomic E-state index is 10.7. The van der Waals surface area contributed by atoms with Crippen molar-refractivity contribution in [2.24, 2.45) is 10.2 Å². The first kappa shape index (κ1) is 17.0. The smallest absolute Gasteiger partial charge is 0.150 e. The standard InChI is InChI=1S/C22H22N2O/c1-14(2)18-8-5-15(3)22-20(12-18)16(4)11-21(22)24-23-19-9-6-17(13-25)7-10-19/h5-14H,1-4H3. The molecule has 0 aromatic heterocycles. The third-order valence-electron chi connectivity index (χ3n) is 4.50. The van der Waals surface area contributed by atoms with Gasteiger partial charge in [0.1, 0.15) is 6.29 Å². The lowest BCUT2D eigenvalue weighted by atomic mass is 10.0. The Labute approximate surface area is 148 Å². The second-order valence-corrected chi connectivity index (χ2v) is 6.73. The first-order valence-corrected chi connectivity index (χ1v) is 8.50. The van der Waals surface area contributed by atoms with Crippen LogP contribution in [-0.2, 0) is 0 Å². The lowest BCUT2D eigenvalue weighted by Crippen LogP contribution is -1.83. The van der Waals surface area contributed by atoms with Crippen LogP contribution in [-0.4, -0.2) is 6.29 Å². The van der Waals surface area contributed by atoms with Crippen molar-refractivity contribution < 1.29 is 4.79 Å². The maximum Gasteiger partial charge on any atom is 0.150 e. The molecule has 3 heteroatoms. The Balaban J connectivity index is 2.03. The molecule has 0 spiro atoms. The van der Waals surface area contributed by atoms with Gasteiger partial charge in [-0.25, -0.2) is 0 Å². The molecule has 0 saturated carbocycles. The van der Waals surface area contributed by atoms with Crippen LogP contribution < -0.4 is 0 Å². The van der Waals surface area contributed by atoms with Crippen molar-refractivity contribution in [2.45, 2.75) is 33.6 Å². The number of rotatable bonds is 4. The number of carbonyl (C=O) groups excluding carboxylic acids is 1. The number of azo groups is 1. The fourth-order valence-electron chi connectivity index (χ4n) is 2.98. The van der Waals surface area contributed by atoms with E-state index in [-0.39, 0.29) is 0 Å². The van der Waals surface area contributed by atoms with Crippen molar-refractivity contribution >= 4 is 17.7 Å². The molecule has 0 amide bonds. The number of hydrogen-bond donors (Lipinski definition) is 0. The average Bonchev–Trinajstić information content (AvgIpc) is 2.80. The van der Waals surface area contributed by atoms with E-state index in [1.54, 1.807) is 24.3 Å². The second-order valence-electron chi connectivity index (χ2n) is 6.73. The normalized spacial score (nSPS) is 11.6. The highest BCUT2D eigenvalue weighted by Crippen LogP contribution is 2.41. The van der Waals surface area contributed by atoms with Crippen LogP contribution in [0.5, 0.6) is 0 Å². The number of carbonyl (C=O) groups is 1. The number of nitrogens with zero attached hydrogens (tertiary/aromatic N) is 2. The quantitative estimate of drug-likeness (QED) is 0.385. The van der Waals surface area contributed by atoms with Crippen molar-refractivity contribution in [1.82, 2.24) is 0 Å². The molecule has 2 aliphatic carbocycles. The summed E-state index contributed by atoms with van der Waals surface area (Å²) >= 11 is 0. The van der Waals surface area contributed by atoms with E-state index >= 15 is 0 Å². The van der Waals surface area contributed by atoms with Crippen molar-refractivity contribution in [1.29, 1.82) is 0 Å². The van der Waals surface area contributed by atoms with E-state index in [4.69, 9.17) is 0 Å². The highest BCUT2D eigenvalue weighted by molar-refractivity contribution is 5.85. The predicted octanol–water partition coefficient (Wildman–Crippen LogP) is 6.76. The van der Waals surface area contributed by atoms with Crippen LogP contribution in [0, 0.1) is 13.8 Å². The van der Waals surface area contributed by atoms with Gasteiger partial charge >= 0.3 is 0 Å². The van der Waals surface area contributed by atoms with Gasteiger partial charge in [0, 0.05) is 11.1 Å². The summed E-state index contributed by atoms with van der Waals surface area (Å²) < 4.78 is 0. The highest BCUT2D eigenvalue weighted by atomic mass is 16.1. The molecular weight excluding hydrogens is 308 g/mol. The van der Waals surface area contributed by atoms with Crippen LogP contribution in [0.1, 0.15) is 46.8 Å². The molecule has 0 unspecified atom stereocenters. The predicted molar refractivity (Wildman–Crippen MR) is 103 cm³/mol. The summed E-state index contributed by atoms with van der Waals surface area (Å²) in [6.07, 6.45) is 0.824. The minimum absolute atomic E-state index is 0.478. The van der Waals surface area contributed by atoms with Gasteiger partial charge in [-0.2, -0.15) is 5.11 Å². The molecule has 1 aromatic rings. The van der Waals surface area contributed by atoms with E-state index in [0.717, 1.165) is 23.2 Å². The monoisotopic (exact) mass is 330 g/mol. The van der Waals surface area contributed by atoms with E-state index in [9.17, 15) is 4.79 Å². The van der Waals surface area contributed by atoms with Gasteiger partial charge < -0.3 is 0 Å². The summed E-state index contributed by atoms with van der Waals surface area (Å²) in [5.74, 6) is 0.478. The lowest BCUT2D eigenvalue weighted by Gasteiger charge is -2.03. The minimum atomic E-state index is 0.478. The number of hydrogen-bond acceptors (Lipinski definition) is 3.